The van der Waals surface area contributed by atoms with E-state index in [2.05, 4.69) is 10.4 Å². The number of carbonyl (C=O) groups excluding carboxylic acids is 3. The van der Waals surface area contributed by atoms with Crippen LogP contribution in [0.5, 0.6) is 0 Å². The minimum absolute atomic E-state index is 0.0307. The smallest absolute Gasteiger partial charge is 0.343 e. The fourth-order valence-electron chi connectivity index (χ4n) is 3.73. The van der Waals surface area contributed by atoms with Gasteiger partial charge in [-0.25, -0.2) is 4.79 Å². The van der Waals surface area contributed by atoms with Gasteiger partial charge in [-0.2, -0.15) is 5.10 Å². The van der Waals surface area contributed by atoms with Crippen molar-refractivity contribution in [1.82, 2.24) is 14.7 Å². The third-order valence-electron chi connectivity index (χ3n) is 5.21. The third kappa shape index (κ3) is 4.29. The zero-order valence-corrected chi connectivity index (χ0v) is 15.8. The topological polar surface area (TPSA) is 103 Å². The van der Waals surface area contributed by atoms with Gasteiger partial charge in [0.05, 0.1) is 19.4 Å². The maximum atomic E-state index is 12.7. The summed E-state index contributed by atoms with van der Waals surface area (Å²) in [7, 11) is 1.67. The lowest BCUT2D eigenvalue weighted by Gasteiger charge is -2.38. The molecule has 0 radical (unpaired) electrons. The van der Waals surface area contributed by atoms with E-state index >= 15 is 0 Å². The number of hydrogen-bond acceptors (Lipinski definition) is 6. The fourth-order valence-corrected chi connectivity index (χ4v) is 3.73. The summed E-state index contributed by atoms with van der Waals surface area (Å²) < 4.78 is 11.6. The minimum Gasteiger partial charge on any atom is -0.462 e. The van der Waals surface area contributed by atoms with E-state index in [-0.39, 0.29) is 42.6 Å². The van der Waals surface area contributed by atoms with Gasteiger partial charge in [-0.15, -0.1) is 0 Å². The first kappa shape index (κ1) is 19.3. The first-order valence-corrected chi connectivity index (χ1v) is 9.38. The Bertz CT molecular complexity index is 709. The second-order valence-corrected chi connectivity index (χ2v) is 6.89. The number of hydrogen-bond donors (Lipinski definition) is 1. The van der Waals surface area contributed by atoms with Crippen LogP contribution < -0.4 is 5.32 Å². The quantitative estimate of drug-likeness (QED) is 0.766. The summed E-state index contributed by atoms with van der Waals surface area (Å²) in [6.07, 6.45) is 4.38. The lowest BCUT2D eigenvalue weighted by atomic mass is 9.84. The van der Waals surface area contributed by atoms with Crippen LogP contribution in [0.25, 0.3) is 0 Å². The van der Waals surface area contributed by atoms with Gasteiger partial charge < -0.3 is 19.7 Å². The molecule has 0 bridgehead atoms. The minimum atomic E-state index is -0.504. The van der Waals surface area contributed by atoms with Crippen molar-refractivity contribution in [2.45, 2.75) is 38.6 Å². The van der Waals surface area contributed by atoms with Gasteiger partial charge in [0.1, 0.15) is 18.0 Å². The average Bonchev–Trinajstić information content (AvgIpc) is 3.03. The number of carbonyl (C=O) groups is 3. The molecule has 148 valence electrons. The van der Waals surface area contributed by atoms with Gasteiger partial charge in [0.2, 0.25) is 11.8 Å². The van der Waals surface area contributed by atoms with Crippen molar-refractivity contribution in [3.8, 4) is 0 Å². The molecule has 0 spiro atoms. The lowest BCUT2D eigenvalue weighted by molar-refractivity contribution is -0.146. The van der Waals surface area contributed by atoms with Gasteiger partial charge in [-0.1, -0.05) is 0 Å². The maximum Gasteiger partial charge on any atom is 0.343 e. The van der Waals surface area contributed by atoms with E-state index in [0.717, 1.165) is 12.8 Å². The Morgan fingerprint density at radius 2 is 2.07 bits per heavy atom. The highest BCUT2D eigenvalue weighted by atomic mass is 16.5. The highest BCUT2D eigenvalue weighted by Gasteiger charge is 2.33. The molecular formula is C18H26N4O5. The number of anilines is 1. The molecule has 1 aliphatic carbocycles. The molecule has 1 aliphatic heterocycles. The first-order chi connectivity index (χ1) is 13.0. The van der Waals surface area contributed by atoms with Crippen molar-refractivity contribution >= 4 is 23.6 Å². The largest absolute Gasteiger partial charge is 0.462 e. The van der Waals surface area contributed by atoms with Gasteiger partial charge in [-0.3, -0.25) is 14.3 Å². The van der Waals surface area contributed by atoms with E-state index in [1.54, 1.807) is 14.0 Å². The average molecular weight is 378 g/mol. The molecule has 0 aromatic carbocycles. The van der Waals surface area contributed by atoms with E-state index in [1.807, 2.05) is 4.90 Å². The second-order valence-electron chi connectivity index (χ2n) is 6.89. The predicted octanol–water partition coefficient (Wildman–Crippen LogP) is 0.953. The van der Waals surface area contributed by atoms with Crippen LogP contribution in [0, 0.1) is 5.92 Å². The van der Waals surface area contributed by atoms with Crippen molar-refractivity contribution in [2.24, 2.45) is 13.0 Å². The molecule has 1 N–H and O–H groups in total. The molecule has 9 nitrogen and oxygen atoms in total. The van der Waals surface area contributed by atoms with E-state index in [9.17, 15) is 14.4 Å². The molecule has 2 aliphatic rings. The van der Waals surface area contributed by atoms with Gasteiger partial charge in [-0.05, 0) is 32.6 Å². The summed E-state index contributed by atoms with van der Waals surface area (Å²) in [5, 5.41) is 6.88. The lowest BCUT2D eigenvalue weighted by Crippen LogP contribution is -2.49. The highest BCUT2D eigenvalue weighted by Crippen LogP contribution is 2.29. The Morgan fingerprint density at radius 1 is 1.33 bits per heavy atom. The van der Waals surface area contributed by atoms with Crippen LogP contribution in [-0.4, -0.2) is 64.9 Å². The van der Waals surface area contributed by atoms with Crippen LogP contribution in [-0.2, 0) is 26.1 Å². The molecule has 0 atom stereocenters. The van der Waals surface area contributed by atoms with Gasteiger partial charge in [0.15, 0.2) is 0 Å². The number of nitrogens with zero attached hydrogens (tertiary/aromatic N) is 3. The number of aromatic nitrogens is 2. The van der Waals surface area contributed by atoms with E-state index in [1.165, 1.54) is 10.9 Å². The zero-order chi connectivity index (χ0) is 19.4. The number of ether oxygens (including phenoxy) is 2. The number of esters is 1. The number of aryl methyl sites for hydroxylation is 1. The molecule has 1 aromatic heterocycles. The number of rotatable bonds is 5. The van der Waals surface area contributed by atoms with E-state index in [0.29, 0.717) is 31.8 Å². The van der Waals surface area contributed by atoms with Crippen molar-refractivity contribution in [3.63, 3.8) is 0 Å². The molecule has 2 amide bonds. The van der Waals surface area contributed by atoms with Crippen LogP contribution >= 0.6 is 0 Å². The summed E-state index contributed by atoms with van der Waals surface area (Å²) in [4.78, 5) is 38.6. The van der Waals surface area contributed by atoms with E-state index in [4.69, 9.17) is 9.47 Å². The summed E-state index contributed by atoms with van der Waals surface area (Å²) in [5.74, 6) is -0.402. The van der Waals surface area contributed by atoms with Crippen molar-refractivity contribution < 1.29 is 23.9 Å². The second kappa shape index (κ2) is 8.51. The SMILES string of the molecule is CCOC(=O)c1cnn(C)c1NC(=O)[C@H]1CC[C@H](N2CCOCC2=O)CC1. The molecule has 0 unspecified atom stereocenters. The van der Waals surface area contributed by atoms with Gasteiger partial charge >= 0.3 is 5.97 Å². The van der Waals surface area contributed by atoms with Crippen molar-refractivity contribution in [3.05, 3.63) is 11.8 Å². The Balaban J connectivity index is 1.58. The highest BCUT2D eigenvalue weighted by molar-refractivity contribution is 6.00. The molecule has 2 heterocycles. The molecule has 1 saturated carbocycles. The Kier molecular flexibility index (Phi) is 6.10. The Labute approximate surface area is 158 Å². The van der Waals surface area contributed by atoms with Crippen LogP contribution in [0.2, 0.25) is 0 Å². The predicted molar refractivity (Wildman–Crippen MR) is 96.1 cm³/mol. The number of morpholine rings is 1. The summed E-state index contributed by atoms with van der Waals surface area (Å²) in [6.45, 7) is 3.33. The van der Waals surface area contributed by atoms with Crippen LogP contribution in [0.4, 0.5) is 5.82 Å². The van der Waals surface area contributed by atoms with Gasteiger partial charge in [0, 0.05) is 25.6 Å². The van der Waals surface area contributed by atoms with Crippen LogP contribution in [0.3, 0.4) is 0 Å². The molecule has 27 heavy (non-hydrogen) atoms. The molecule has 2 fully saturated rings. The molecule has 1 saturated heterocycles. The molecule has 1 aromatic rings. The Morgan fingerprint density at radius 3 is 2.74 bits per heavy atom. The summed E-state index contributed by atoms with van der Waals surface area (Å²) in [6, 6.07) is 0.178. The van der Waals surface area contributed by atoms with E-state index < -0.39 is 5.97 Å². The molecular weight excluding hydrogens is 352 g/mol. The summed E-state index contributed by atoms with van der Waals surface area (Å²) in [5.41, 5.74) is 0.250. The monoisotopic (exact) mass is 378 g/mol. The standard InChI is InChI=1S/C18H26N4O5/c1-3-27-18(25)14-10-19-21(2)16(14)20-17(24)12-4-6-13(7-5-12)22-8-9-26-11-15(22)23/h10,12-13H,3-9,11H2,1-2H3,(H,20,24)/t12-,13-. The molecule has 9 heteroatoms. The molecule has 3 rings (SSSR count). The van der Waals surface area contributed by atoms with Crippen molar-refractivity contribution in [2.75, 3.05) is 31.7 Å². The number of amides is 2. The summed E-state index contributed by atoms with van der Waals surface area (Å²) >= 11 is 0. The van der Waals surface area contributed by atoms with Crippen LogP contribution in [0.1, 0.15) is 43.0 Å². The Hall–Kier alpha value is -2.42. The number of nitrogens with one attached hydrogen (secondary N) is 1. The maximum absolute atomic E-state index is 12.7. The normalized spacial score (nSPS) is 23.2. The fraction of sp³-hybridized carbons (Fsp3) is 0.667. The van der Waals surface area contributed by atoms with Crippen molar-refractivity contribution in [1.29, 1.82) is 0 Å². The van der Waals surface area contributed by atoms with Crippen LogP contribution in [0.15, 0.2) is 6.20 Å². The van der Waals surface area contributed by atoms with Gasteiger partial charge in [0.25, 0.3) is 0 Å². The first-order valence-electron chi connectivity index (χ1n) is 9.38. The third-order valence-corrected chi connectivity index (χ3v) is 5.21. The zero-order valence-electron chi connectivity index (χ0n) is 15.8.